The van der Waals surface area contributed by atoms with Crippen molar-refractivity contribution in [1.29, 1.82) is 0 Å². The summed E-state index contributed by atoms with van der Waals surface area (Å²) in [5.41, 5.74) is -0.402. The second-order valence-corrected chi connectivity index (χ2v) is 3.96. The van der Waals surface area contributed by atoms with Crippen molar-refractivity contribution in [2.24, 2.45) is 0 Å². The Morgan fingerprint density at radius 3 is 2.92 bits per heavy atom. The molecule has 0 aliphatic carbocycles. The third-order valence-electron chi connectivity index (χ3n) is 2.17. The van der Waals surface area contributed by atoms with Gasteiger partial charge in [-0.15, -0.1) is 0 Å². The molecule has 0 radical (unpaired) electrons. The highest BCUT2D eigenvalue weighted by molar-refractivity contribution is 7.99. The van der Waals surface area contributed by atoms with Crippen molar-refractivity contribution in [1.82, 2.24) is 5.32 Å². The fourth-order valence-corrected chi connectivity index (χ4v) is 2.69. The first-order valence-corrected chi connectivity index (χ1v) is 5.34. The molecule has 0 bridgehead atoms. The molecule has 1 unspecified atom stereocenters. The summed E-state index contributed by atoms with van der Waals surface area (Å²) in [6.45, 7) is 2.30. The molecule has 3 nitrogen and oxygen atoms in total. The Labute approximate surface area is 77.2 Å². The van der Waals surface area contributed by atoms with Crippen molar-refractivity contribution in [3.8, 4) is 0 Å². The summed E-state index contributed by atoms with van der Waals surface area (Å²) in [7, 11) is 1.82. The first kappa shape index (κ1) is 9.86. The molecule has 1 rings (SSSR count). The molecule has 4 heteroatoms. The smallest absolute Gasteiger partial charge is 0.327 e. The van der Waals surface area contributed by atoms with E-state index in [0.717, 1.165) is 17.9 Å². The lowest BCUT2D eigenvalue weighted by atomic mass is 10.00. The zero-order valence-corrected chi connectivity index (χ0v) is 8.37. The molecule has 1 atom stereocenters. The van der Waals surface area contributed by atoms with Crippen molar-refractivity contribution in [2.45, 2.75) is 18.9 Å². The number of hydrogen-bond donors (Lipinski definition) is 1. The van der Waals surface area contributed by atoms with E-state index in [2.05, 4.69) is 5.32 Å². The van der Waals surface area contributed by atoms with Gasteiger partial charge in [-0.25, -0.2) is 0 Å². The van der Waals surface area contributed by atoms with Crippen LogP contribution in [0.5, 0.6) is 0 Å². The third kappa shape index (κ3) is 1.75. The van der Waals surface area contributed by atoms with E-state index in [-0.39, 0.29) is 5.97 Å². The van der Waals surface area contributed by atoms with Gasteiger partial charge in [0.2, 0.25) is 0 Å². The van der Waals surface area contributed by atoms with Crippen LogP contribution in [-0.2, 0) is 9.53 Å². The van der Waals surface area contributed by atoms with Crippen LogP contribution in [0.25, 0.3) is 0 Å². The zero-order chi connectivity index (χ0) is 9.03. The van der Waals surface area contributed by atoms with E-state index >= 15 is 0 Å². The van der Waals surface area contributed by atoms with Gasteiger partial charge in [-0.2, -0.15) is 11.8 Å². The second kappa shape index (κ2) is 4.14. The predicted octanol–water partition coefficient (Wildman–Crippen LogP) is 0.645. The average molecular weight is 189 g/mol. The van der Waals surface area contributed by atoms with Gasteiger partial charge in [0.1, 0.15) is 5.54 Å². The Balaban J connectivity index is 2.59. The Morgan fingerprint density at radius 1 is 1.75 bits per heavy atom. The highest BCUT2D eigenvalue weighted by atomic mass is 32.2. The fraction of sp³-hybridized carbons (Fsp3) is 0.875. The molecule has 70 valence electrons. The highest BCUT2D eigenvalue weighted by Gasteiger charge is 2.41. The number of rotatable bonds is 3. The molecule has 0 aromatic carbocycles. The number of carbonyl (C=O) groups excluding carboxylic acids is 1. The number of carbonyl (C=O) groups is 1. The summed E-state index contributed by atoms with van der Waals surface area (Å²) in [5, 5.41) is 3.07. The van der Waals surface area contributed by atoms with E-state index in [0.29, 0.717) is 6.61 Å². The molecule has 12 heavy (non-hydrogen) atoms. The van der Waals surface area contributed by atoms with Gasteiger partial charge in [0.15, 0.2) is 0 Å². The van der Waals surface area contributed by atoms with E-state index in [1.165, 1.54) is 0 Å². The van der Waals surface area contributed by atoms with Gasteiger partial charge in [0, 0.05) is 5.75 Å². The van der Waals surface area contributed by atoms with Crippen LogP contribution in [-0.4, -0.2) is 36.7 Å². The Bertz CT molecular complexity index is 166. The number of hydrogen-bond acceptors (Lipinski definition) is 4. The maximum absolute atomic E-state index is 11.5. The van der Waals surface area contributed by atoms with Crippen molar-refractivity contribution >= 4 is 17.7 Å². The molecular weight excluding hydrogens is 174 g/mol. The van der Waals surface area contributed by atoms with Gasteiger partial charge >= 0.3 is 5.97 Å². The largest absolute Gasteiger partial charge is 0.465 e. The van der Waals surface area contributed by atoms with Crippen LogP contribution in [0.15, 0.2) is 0 Å². The van der Waals surface area contributed by atoms with Crippen LogP contribution < -0.4 is 5.32 Å². The molecular formula is C8H15NO2S. The fourth-order valence-electron chi connectivity index (χ4n) is 1.29. The lowest BCUT2D eigenvalue weighted by Gasteiger charge is -2.24. The molecule has 0 amide bonds. The van der Waals surface area contributed by atoms with Crippen molar-refractivity contribution in [3.05, 3.63) is 0 Å². The number of esters is 1. The van der Waals surface area contributed by atoms with Gasteiger partial charge < -0.3 is 10.1 Å². The van der Waals surface area contributed by atoms with Gasteiger partial charge in [-0.1, -0.05) is 0 Å². The van der Waals surface area contributed by atoms with Crippen LogP contribution in [0, 0.1) is 0 Å². The minimum Gasteiger partial charge on any atom is -0.465 e. The molecule has 1 fully saturated rings. The predicted molar refractivity (Wildman–Crippen MR) is 50.4 cm³/mol. The molecule has 0 spiro atoms. The summed E-state index contributed by atoms with van der Waals surface area (Å²) < 4.78 is 5.01. The molecule has 1 N–H and O–H groups in total. The van der Waals surface area contributed by atoms with Crippen molar-refractivity contribution < 1.29 is 9.53 Å². The molecule has 0 saturated carbocycles. The summed E-state index contributed by atoms with van der Waals surface area (Å²) in [5.74, 6) is 1.78. The van der Waals surface area contributed by atoms with Gasteiger partial charge in [0.25, 0.3) is 0 Å². The Morgan fingerprint density at radius 2 is 2.50 bits per heavy atom. The van der Waals surface area contributed by atoms with Crippen LogP contribution in [0.3, 0.4) is 0 Å². The lowest BCUT2D eigenvalue weighted by molar-refractivity contribution is -0.149. The molecule has 1 saturated heterocycles. The third-order valence-corrected chi connectivity index (χ3v) is 3.36. The number of nitrogens with one attached hydrogen (secondary N) is 1. The molecule has 1 aliphatic heterocycles. The minimum absolute atomic E-state index is 0.0995. The Hall–Kier alpha value is -0.220. The van der Waals surface area contributed by atoms with E-state index in [1.54, 1.807) is 11.8 Å². The molecule has 1 aliphatic rings. The van der Waals surface area contributed by atoms with Crippen molar-refractivity contribution in [2.75, 3.05) is 25.2 Å². The topological polar surface area (TPSA) is 38.3 Å². The maximum atomic E-state index is 11.5. The number of thioether (sulfide) groups is 1. The number of likely N-dealkylation sites (N-methyl/N-ethyl adjacent to an activating group) is 1. The van der Waals surface area contributed by atoms with E-state index in [9.17, 15) is 4.79 Å². The van der Waals surface area contributed by atoms with Gasteiger partial charge in [0.05, 0.1) is 6.61 Å². The SMILES string of the molecule is CCOC(=O)C1(NC)CCSC1. The second-order valence-electron chi connectivity index (χ2n) is 2.86. The average Bonchev–Trinajstić information content (AvgIpc) is 2.54. The van der Waals surface area contributed by atoms with Crippen molar-refractivity contribution in [3.63, 3.8) is 0 Å². The molecule has 1 heterocycles. The first-order chi connectivity index (χ1) is 5.75. The summed E-state index contributed by atoms with van der Waals surface area (Å²) in [6.07, 6.45) is 0.882. The highest BCUT2D eigenvalue weighted by Crippen LogP contribution is 2.28. The van der Waals surface area contributed by atoms with E-state index < -0.39 is 5.54 Å². The summed E-state index contributed by atoms with van der Waals surface area (Å²) in [4.78, 5) is 11.5. The van der Waals surface area contributed by atoms with E-state index in [4.69, 9.17) is 4.74 Å². The van der Waals surface area contributed by atoms with Crippen LogP contribution in [0.2, 0.25) is 0 Å². The molecule has 0 aromatic rings. The Kier molecular flexibility index (Phi) is 3.40. The molecule has 0 aromatic heterocycles. The quantitative estimate of drug-likeness (QED) is 0.661. The standard InChI is InChI=1S/C8H15NO2S/c1-3-11-7(10)8(9-2)4-5-12-6-8/h9H,3-6H2,1-2H3. The lowest BCUT2D eigenvalue weighted by Crippen LogP contribution is -2.51. The number of ether oxygens (including phenoxy) is 1. The monoisotopic (exact) mass is 189 g/mol. The minimum atomic E-state index is -0.402. The normalized spacial score (nSPS) is 28.8. The zero-order valence-electron chi connectivity index (χ0n) is 7.55. The summed E-state index contributed by atoms with van der Waals surface area (Å²) in [6, 6.07) is 0. The maximum Gasteiger partial charge on any atom is 0.327 e. The van der Waals surface area contributed by atoms with Crippen LogP contribution >= 0.6 is 11.8 Å². The summed E-state index contributed by atoms with van der Waals surface area (Å²) >= 11 is 1.80. The van der Waals surface area contributed by atoms with Gasteiger partial charge in [-0.3, -0.25) is 4.79 Å². The van der Waals surface area contributed by atoms with E-state index in [1.807, 2.05) is 14.0 Å². The first-order valence-electron chi connectivity index (χ1n) is 4.19. The van der Waals surface area contributed by atoms with Crippen LogP contribution in [0.4, 0.5) is 0 Å². The van der Waals surface area contributed by atoms with Crippen LogP contribution in [0.1, 0.15) is 13.3 Å². The van der Waals surface area contributed by atoms with Gasteiger partial charge in [-0.05, 0) is 26.1 Å².